The van der Waals surface area contributed by atoms with Gasteiger partial charge in [-0.25, -0.2) is 0 Å². The van der Waals surface area contributed by atoms with Crippen LogP contribution in [0.5, 0.6) is 0 Å². The largest absolute Gasteiger partial charge is 0.395 e. The van der Waals surface area contributed by atoms with E-state index in [1.54, 1.807) is 0 Å². The summed E-state index contributed by atoms with van der Waals surface area (Å²) in [5.74, 6) is 0. The van der Waals surface area contributed by atoms with Gasteiger partial charge in [0.1, 0.15) is 0 Å². The molecule has 0 aliphatic rings. The van der Waals surface area contributed by atoms with E-state index in [9.17, 15) is 0 Å². The highest BCUT2D eigenvalue weighted by Crippen LogP contribution is 2.10. The van der Waals surface area contributed by atoms with E-state index in [-0.39, 0.29) is 25.1 Å². The van der Waals surface area contributed by atoms with Crippen molar-refractivity contribution < 1.29 is 5.11 Å². The van der Waals surface area contributed by atoms with E-state index < -0.39 is 0 Å². The number of aliphatic hydroxyl groups is 1. The van der Waals surface area contributed by atoms with Gasteiger partial charge < -0.3 is 10.4 Å². The molecular weight excluding hydrogens is 246 g/mol. The van der Waals surface area contributed by atoms with Gasteiger partial charge in [-0.1, -0.05) is 64.7 Å². The number of halogens is 1. The van der Waals surface area contributed by atoms with Gasteiger partial charge in [0, 0.05) is 6.04 Å². The summed E-state index contributed by atoms with van der Waals surface area (Å²) in [6, 6.07) is 0.258. The molecule has 0 bridgehead atoms. The Hall–Kier alpha value is 0.210. The van der Waals surface area contributed by atoms with E-state index in [1.807, 2.05) is 6.92 Å². The van der Waals surface area contributed by atoms with Gasteiger partial charge >= 0.3 is 0 Å². The lowest BCUT2D eigenvalue weighted by molar-refractivity contribution is 0.251. The first kappa shape index (κ1) is 20.5. The molecule has 0 amide bonds. The molecule has 18 heavy (non-hydrogen) atoms. The van der Waals surface area contributed by atoms with Crippen molar-refractivity contribution in [1.29, 1.82) is 0 Å². The van der Waals surface area contributed by atoms with Crippen LogP contribution in [0.4, 0.5) is 0 Å². The van der Waals surface area contributed by atoms with Gasteiger partial charge in [0.2, 0.25) is 0 Å². The van der Waals surface area contributed by atoms with Crippen LogP contribution in [0.1, 0.15) is 78.1 Å². The molecule has 0 aromatic heterocycles. The molecule has 0 aliphatic heterocycles. The van der Waals surface area contributed by atoms with E-state index in [2.05, 4.69) is 12.2 Å². The fourth-order valence-electron chi connectivity index (χ4n) is 2.03. The molecule has 0 saturated carbocycles. The minimum atomic E-state index is 0. The van der Waals surface area contributed by atoms with E-state index in [1.165, 1.54) is 64.2 Å². The van der Waals surface area contributed by atoms with Gasteiger partial charge in [-0.3, -0.25) is 0 Å². The zero-order valence-electron chi connectivity index (χ0n) is 12.4. The molecule has 2 N–H and O–H groups in total. The summed E-state index contributed by atoms with van der Waals surface area (Å²) >= 11 is 0. The van der Waals surface area contributed by atoms with E-state index in [0.717, 1.165) is 6.54 Å². The van der Waals surface area contributed by atoms with E-state index >= 15 is 0 Å². The third-order valence-corrected chi connectivity index (χ3v) is 3.30. The lowest BCUT2D eigenvalue weighted by Crippen LogP contribution is -2.29. The summed E-state index contributed by atoms with van der Waals surface area (Å²) in [6.07, 6.45) is 13.8. The van der Waals surface area contributed by atoms with Crippen LogP contribution in [0.15, 0.2) is 0 Å². The predicted octanol–water partition coefficient (Wildman–Crippen LogP) is 4.30. The number of hydrogen-bond acceptors (Lipinski definition) is 2. The molecule has 0 saturated heterocycles. The molecule has 0 aromatic carbocycles. The normalized spacial score (nSPS) is 12.2. The standard InChI is InChI=1S/C15H33NO.ClH/c1-3-4-5-6-7-8-9-10-11-12-13-16-15(2)14-17;/h15-17H,3-14H2,1-2H3;1H. The zero-order valence-corrected chi connectivity index (χ0v) is 13.2. The smallest absolute Gasteiger partial charge is 0.0581 e. The van der Waals surface area contributed by atoms with Crippen LogP contribution in [0.25, 0.3) is 0 Å². The Morgan fingerprint density at radius 3 is 1.72 bits per heavy atom. The molecule has 1 unspecified atom stereocenters. The first-order valence-corrected chi connectivity index (χ1v) is 7.65. The summed E-state index contributed by atoms with van der Waals surface area (Å²) in [7, 11) is 0. The number of rotatable bonds is 13. The first-order chi connectivity index (χ1) is 8.31. The summed E-state index contributed by atoms with van der Waals surface area (Å²) in [6.45, 7) is 5.60. The second-order valence-electron chi connectivity index (χ2n) is 5.22. The average molecular weight is 280 g/mol. The fraction of sp³-hybridized carbons (Fsp3) is 1.00. The summed E-state index contributed by atoms with van der Waals surface area (Å²) in [4.78, 5) is 0. The molecule has 0 aliphatic carbocycles. The second-order valence-corrected chi connectivity index (χ2v) is 5.22. The maximum absolute atomic E-state index is 8.83. The minimum absolute atomic E-state index is 0. The molecule has 0 spiro atoms. The van der Waals surface area contributed by atoms with Crippen molar-refractivity contribution in [1.82, 2.24) is 5.32 Å². The molecule has 0 heterocycles. The van der Waals surface area contributed by atoms with Crippen molar-refractivity contribution in [3.63, 3.8) is 0 Å². The lowest BCUT2D eigenvalue weighted by Gasteiger charge is -2.09. The fourth-order valence-corrected chi connectivity index (χ4v) is 2.03. The van der Waals surface area contributed by atoms with Gasteiger partial charge in [-0.2, -0.15) is 0 Å². The predicted molar refractivity (Wildman–Crippen MR) is 83.6 cm³/mol. The molecule has 0 radical (unpaired) electrons. The third-order valence-electron chi connectivity index (χ3n) is 3.30. The van der Waals surface area contributed by atoms with Crippen molar-refractivity contribution >= 4 is 12.4 Å². The molecule has 0 aromatic rings. The molecule has 3 heteroatoms. The Morgan fingerprint density at radius 1 is 0.833 bits per heavy atom. The highest BCUT2D eigenvalue weighted by atomic mass is 35.5. The molecule has 112 valence electrons. The van der Waals surface area contributed by atoms with Crippen LogP contribution in [0.3, 0.4) is 0 Å². The van der Waals surface area contributed by atoms with E-state index in [4.69, 9.17) is 5.11 Å². The van der Waals surface area contributed by atoms with Gasteiger partial charge in [-0.15, -0.1) is 12.4 Å². The van der Waals surface area contributed by atoms with Crippen LogP contribution in [0, 0.1) is 0 Å². The number of unbranched alkanes of at least 4 members (excludes halogenated alkanes) is 9. The molecular formula is C15H34ClNO. The third kappa shape index (κ3) is 16.2. The Balaban J connectivity index is 0. The van der Waals surface area contributed by atoms with E-state index in [0.29, 0.717) is 0 Å². The zero-order chi connectivity index (χ0) is 12.8. The van der Waals surface area contributed by atoms with Gasteiger partial charge in [0.25, 0.3) is 0 Å². The molecule has 0 rings (SSSR count). The molecule has 2 nitrogen and oxygen atoms in total. The maximum Gasteiger partial charge on any atom is 0.0581 e. The van der Waals surface area contributed by atoms with Crippen molar-refractivity contribution in [3.05, 3.63) is 0 Å². The summed E-state index contributed by atoms with van der Waals surface area (Å²) in [5, 5.41) is 12.1. The Labute approximate surface area is 120 Å². The molecule has 0 fully saturated rings. The number of nitrogens with one attached hydrogen (secondary N) is 1. The van der Waals surface area contributed by atoms with Crippen LogP contribution in [-0.2, 0) is 0 Å². The van der Waals surface area contributed by atoms with Crippen molar-refractivity contribution in [2.45, 2.75) is 84.1 Å². The summed E-state index contributed by atoms with van der Waals surface area (Å²) < 4.78 is 0. The van der Waals surface area contributed by atoms with Crippen LogP contribution >= 0.6 is 12.4 Å². The monoisotopic (exact) mass is 279 g/mol. The summed E-state index contributed by atoms with van der Waals surface area (Å²) in [5.41, 5.74) is 0. The highest BCUT2D eigenvalue weighted by molar-refractivity contribution is 5.85. The van der Waals surface area contributed by atoms with Crippen molar-refractivity contribution in [3.8, 4) is 0 Å². The van der Waals surface area contributed by atoms with Crippen molar-refractivity contribution in [2.24, 2.45) is 0 Å². The Kier molecular flexibility index (Phi) is 19.6. The van der Waals surface area contributed by atoms with Crippen LogP contribution in [0.2, 0.25) is 0 Å². The van der Waals surface area contributed by atoms with Crippen LogP contribution in [-0.4, -0.2) is 24.3 Å². The SMILES string of the molecule is CCCCCCCCCCCCNC(C)CO.Cl. The quantitative estimate of drug-likeness (QED) is 0.493. The second kappa shape index (κ2) is 17.2. The van der Waals surface area contributed by atoms with Gasteiger partial charge in [-0.05, 0) is 19.9 Å². The first-order valence-electron chi connectivity index (χ1n) is 7.65. The van der Waals surface area contributed by atoms with Crippen molar-refractivity contribution in [2.75, 3.05) is 13.2 Å². The topological polar surface area (TPSA) is 32.3 Å². The molecule has 1 atom stereocenters. The number of aliphatic hydroxyl groups excluding tert-OH is 1. The highest BCUT2D eigenvalue weighted by Gasteiger charge is 1.97. The minimum Gasteiger partial charge on any atom is -0.395 e. The average Bonchev–Trinajstić information content (AvgIpc) is 2.35. The Morgan fingerprint density at radius 2 is 1.28 bits per heavy atom. The van der Waals surface area contributed by atoms with Crippen LogP contribution < -0.4 is 5.32 Å². The van der Waals surface area contributed by atoms with Gasteiger partial charge in [0.05, 0.1) is 6.61 Å². The van der Waals surface area contributed by atoms with Gasteiger partial charge in [0.15, 0.2) is 0 Å². The number of hydrogen-bond donors (Lipinski definition) is 2. The lowest BCUT2D eigenvalue weighted by atomic mass is 10.1. The Bertz CT molecular complexity index is 144. The maximum atomic E-state index is 8.83.